The molecule has 0 spiro atoms. The van der Waals surface area contributed by atoms with Gasteiger partial charge in [0.1, 0.15) is 5.82 Å². The summed E-state index contributed by atoms with van der Waals surface area (Å²) >= 11 is 0. The molecule has 0 aliphatic carbocycles. The van der Waals surface area contributed by atoms with Crippen molar-refractivity contribution < 1.29 is 14.0 Å². The summed E-state index contributed by atoms with van der Waals surface area (Å²) in [5.41, 5.74) is 4.10. The van der Waals surface area contributed by atoms with Gasteiger partial charge >= 0.3 is 0 Å². The first-order valence-electron chi connectivity index (χ1n) is 8.78. The molecule has 142 valence electrons. The Morgan fingerprint density at radius 2 is 1.61 bits per heavy atom. The van der Waals surface area contributed by atoms with Crippen molar-refractivity contribution in [3.05, 3.63) is 94.6 Å². The van der Waals surface area contributed by atoms with Crippen LogP contribution in [0.4, 0.5) is 10.1 Å². The van der Waals surface area contributed by atoms with Crippen LogP contribution in [0.15, 0.2) is 60.9 Å². The number of pyridine rings is 1. The molecule has 5 nitrogen and oxygen atoms in total. The third kappa shape index (κ3) is 4.79. The van der Waals surface area contributed by atoms with E-state index >= 15 is 0 Å². The number of aryl methyl sites for hydroxylation is 2. The SMILES string of the molecule is Cc1ccc(NC(=O)c2cncc(C(=O)NCc3ccc(F)cc3)c2)c(C)c1. The molecule has 0 aliphatic rings. The van der Waals surface area contributed by atoms with Gasteiger partial charge in [0, 0.05) is 24.6 Å². The smallest absolute Gasteiger partial charge is 0.257 e. The molecule has 0 atom stereocenters. The van der Waals surface area contributed by atoms with Crippen LogP contribution in [0, 0.1) is 19.7 Å². The zero-order valence-corrected chi connectivity index (χ0v) is 15.6. The van der Waals surface area contributed by atoms with E-state index < -0.39 is 0 Å². The number of carbonyl (C=O) groups excluding carboxylic acids is 2. The van der Waals surface area contributed by atoms with Crippen LogP contribution in [-0.2, 0) is 6.54 Å². The van der Waals surface area contributed by atoms with Gasteiger partial charge in [-0.15, -0.1) is 0 Å². The number of nitrogens with zero attached hydrogens (tertiary/aromatic N) is 1. The molecule has 3 aromatic rings. The van der Waals surface area contributed by atoms with Crippen molar-refractivity contribution in [2.75, 3.05) is 5.32 Å². The highest BCUT2D eigenvalue weighted by molar-refractivity contribution is 6.06. The van der Waals surface area contributed by atoms with Gasteiger partial charge in [0.25, 0.3) is 11.8 Å². The zero-order chi connectivity index (χ0) is 20.1. The van der Waals surface area contributed by atoms with E-state index in [1.54, 1.807) is 12.1 Å². The fraction of sp³-hybridized carbons (Fsp3) is 0.136. The summed E-state index contributed by atoms with van der Waals surface area (Å²) in [7, 11) is 0. The summed E-state index contributed by atoms with van der Waals surface area (Å²) in [4.78, 5) is 28.9. The van der Waals surface area contributed by atoms with E-state index in [1.807, 2.05) is 32.0 Å². The fourth-order valence-electron chi connectivity index (χ4n) is 2.72. The first-order chi connectivity index (χ1) is 13.4. The Labute approximate surface area is 162 Å². The van der Waals surface area contributed by atoms with Crippen LogP contribution < -0.4 is 10.6 Å². The van der Waals surface area contributed by atoms with E-state index in [0.29, 0.717) is 5.69 Å². The predicted octanol–water partition coefficient (Wildman–Crippen LogP) is 4.02. The Morgan fingerprint density at radius 3 is 2.29 bits per heavy atom. The van der Waals surface area contributed by atoms with Crippen molar-refractivity contribution in [1.29, 1.82) is 0 Å². The lowest BCUT2D eigenvalue weighted by Crippen LogP contribution is -2.23. The number of hydrogen-bond acceptors (Lipinski definition) is 3. The minimum Gasteiger partial charge on any atom is -0.348 e. The van der Waals surface area contributed by atoms with Crippen molar-refractivity contribution in [3.8, 4) is 0 Å². The maximum atomic E-state index is 12.9. The van der Waals surface area contributed by atoms with E-state index in [0.717, 1.165) is 16.7 Å². The monoisotopic (exact) mass is 377 g/mol. The zero-order valence-electron chi connectivity index (χ0n) is 15.6. The molecule has 2 aromatic carbocycles. The molecule has 1 aromatic heterocycles. The maximum Gasteiger partial charge on any atom is 0.257 e. The van der Waals surface area contributed by atoms with Crippen molar-refractivity contribution in [2.24, 2.45) is 0 Å². The minimum atomic E-state index is -0.363. The summed E-state index contributed by atoms with van der Waals surface area (Å²) in [5.74, 6) is -1.03. The molecule has 0 saturated carbocycles. The number of hydrogen-bond donors (Lipinski definition) is 2. The van der Waals surface area contributed by atoms with E-state index in [2.05, 4.69) is 15.6 Å². The normalized spacial score (nSPS) is 10.4. The molecular weight excluding hydrogens is 357 g/mol. The van der Waals surface area contributed by atoms with Gasteiger partial charge in [-0.1, -0.05) is 29.8 Å². The third-order valence-corrected chi connectivity index (χ3v) is 4.26. The lowest BCUT2D eigenvalue weighted by molar-refractivity contribution is 0.0950. The van der Waals surface area contributed by atoms with Crippen LogP contribution in [0.1, 0.15) is 37.4 Å². The van der Waals surface area contributed by atoms with Crippen LogP contribution in [0.2, 0.25) is 0 Å². The molecule has 0 saturated heterocycles. The molecule has 0 aliphatic heterocycles. The standard InChI is InChI=1S/C22H20FN3O2/c1-14-3-8-20(15(2)9-14)26-22(28)18-10-17(12-24-13-18)21(27)25-11-16-4-6-19(23)7-5-16/h3-10,12-13H,11H2,1-2H3,(H,25,27)(H,26,28). The Bertz CT molecular complexity index is 1020. The average Bonchev–Trinajstić information content (AvgIpc) is 2.69. The highest BCUT2D eigenvalue weighted by Gasteiger charge is 2.12. The van der Waals surface area contributed by atoms with E-state index in [9.17, 15) is 14.0 Å². The summed E-state index contributed by atoms with van der Waals surface area (Å²) in [6, 6.07) is 13.1. The van der Waals surface area contributed by atoms with Crippen LogP contribution in [0.5, 0.6) is 0 Å². The first-order valence-corrected chi connectivity index (χ1v) is 8.78. The fourth-order valence-corrected chi connectivity index (χ4v) is 2.72. The third-order valence-electron chi connectivity index (χ3n) is 4.26. The summed E-state index contributed by atoms with van der Waals surface area (Å²) in [6.45, 7) is 4.15. The Balaban J connectivity index is 1.67. The minimum absolute atomic E-state index is 0.248. The summed E-state index contributed by atoms with van der Waals surface area (Å²) < 4.78 is 12.9. The van der Waals surface area contributed by atoms with Gasteiger partial charge in [-0.05, 0) is 49.2 Å². The van der Waals surface area contributed by atoms with Crippen molar-refractivity contribution in [3.63, 3.8) is 0 Å². The van der Waals surface area contributed by atoms with Crippen molar-refractivity contribution in [1.82, 2.24) is 10.3 Å². The quantitative estimate of drug-likeness (QED) is 0.705. The van der Waals surface area contributed by atoms with Gasteiger partial charge in [0.05, 0.1) is 11.1 Å². The largest absolute Gasteiger partial charge is 0.348 e. The number of aromatic nitrogens is 1. The molecule has 0 unspecified atom stereocenters. The number of amides is 2. The number of carbonyl (C=O) groups is 2. The molecule has 2 amide bonds. The van der Waals surface area contributed by atoms with Crippen molar-refractivity contribution in [2.45, 2.75) is 20.4 Å². The number of anilines is 1. The van der Waals surface area contributed by atoms with Crippen LogP contribution in [-0.4, -0.2) is 16.8 Å². The molecule has 0 bridgehead atoms. The number of halogens is 1. The molecule has 0 fully saturated rings. The number of nitrogens with one attached hydrogen (secondary N) is 2. The lowest BCUT2D eigenvalue weighted by atomic mass is 10.1. The van der Waals surface area contributed by atoms with Gasteiger partial charge < -0.3 is 10.6 Å². The topological polar surface area (TPSA) is 71.1 Å². The van der Waals surface area contributed by atoms with Gasteiger partial charge in [0.15, 0.2) is 0 Å². The Kier molecular flexibility index (Phi) is 5.79. The second-order valence-corrected chi connectivity index (χ2v) is 6.54. The van der Waals surface area contributed by atoms with Gasteiger partial charge in [-0.2, -0.15) is 0 Å². The molecule has 6 heteroatoms. The molecule has 28 heavy (non-hydrogen) atoms. The van der Waals surface area contributed by atoms with E-state index in [4.69, 9.17) is 0 Å². The molecule has 3 rings (SSSR count). The van der Waals surface area contributed by atoms with Gasteiger partial charge in [-0.3, -0.25) is 14.6 Å². The van der Waals surface area contributed by atoms with Gasteiger partial charge in [-0.25, -0.2) is 4.39 Å². The first kappa shape index (κ1) is 19.2. The number of benzene rings is 2. The van der Waals surface area contributed by atoms with Gasteiger partial charge in [0.2, 0.25) is 0 Å². The molecule has 1 heterocycles. The predicted molar refractivity (Wildman–Crippen MR) is 106 cm³/mol. The average molecular weight is 377 g/mol. The van der Waals surface area contributed by atoms with E-state index in [-0.39, 0.29) is 35.3 Å². The van der Waals surface area contributed by atoms with Crippen LogP contribution in [0.3, 0.4) is 0 Å². The molecular formula is C22H20FN3O2. The second kappa shape index (κ2) is 8.43. The number of rotatable bonds is 5. The Morgan fingerprint density at radius 1 is 0.929 bits per heavy atom. The lowest BCUT2D eigenvalue weighted by Gasteiger charge is -2.10. The highest BCUT2D eigenvalue weighted by Crippen LogP contribution is 2.17. The molecule has 2 N–H and O–H groups in total. The molecule has 0 radical (unpaired) electrons. The highest BCUT2D eigenvalue weighted by atomic mass is 19.1. The van der Waals surface area contributed by atoms with Crippen LogP contribution >= 0.6 is 0 Å². The Hall–Kier alpha value is -3.54. The van der Waals surface area contributed by atoms with Crippen LogP contribution in [0.25, 0.3) is 0 Å². The van der Waals surface area contributed by atoms with E-state index in [1.165, 1.54) is 30.6 Å². The van der Waals surface area contributed by atoms with Crippen molar-refractivity contribution >= 4 is 17.5 Å². The summed E-state index contributed by atoms with van der Waals surface area (Å²) in [6.07, 6.45) is 2.81. The maximum absolute atomic E-state index is 12.9. The second-order valence-electron chi connectivity index (χ2n) is 6.54. The summed E-state index contributed by atoms with van der Waals surface area (Å²) in [5, 5.41) is 5.57.